The largest absolute Gasteiger partial charge is 0.493 e. The predicted molar refractivity (Wildman–Crippen MR) is 85.1 cm³/mol. The van der Waals surface area contributed by atoms with Crippen molar-refractivity contribution in [1.82, 2.24) is 5.32 Å². The van der Waals surface area contributed by atoms with E-state index in [2.05, 4.69) is 37.5 Å². The molecule has 3 heteroatoms. The van der Waals surface area contributed by atoms with Crippen LogP contribution in [-0.2, 0) is 0 Å². The molecule has 1 aromatic rings. The van der Waals surface area contributed by atoms with Crippen LogP contribution in [0.1, 0.15) is 63.5 Å². The standard InChI is InChI=1S/C18H27NO2/c1-3-11-20-14-7-8-15-16(19-2)13-18(21-17(15)12-14)9-5-4-6-10-18/h7-8,12,16,19H,3-6,9-11,13H2,1-2H3. The highest BCUT2D eigenvalue weighted by molar-refractivity contribution is 5.44. The average molecular weight is 289 g/mol. The summed E-state index contributed by atoms with van der Waals surface area (Å²) in [4.78, 5) is 0. The molecular formula is C18H27NO2. The van der Waals surface area contributed by atoms with Crippen molar-refractivity contribution in [3.05, 3.63) is 23.8 Å². The van der Waals surface area contributed by atoms with Gasteiger partial charge in [-0.15, -0.1) is 0 Å². The van der Waals surface area contributed by atoms with Crippen LogP contribution in [0.3, 0.4) is 0 Å². The van der Waals surface area contributed by atoms with Gasteiger partial charge in [0.15, 0.2) is 0 Å². The molecule has 0 aromatic heterocycles. The zero-order chi connectivity index (χ0) is 14.7. The second-order valence-corrected chi connectivity index (χ2v) is 6.44. The SMILES string of the molecule is CCCOc1ccc2c(c1)OC1(CCCCC1)CC2NC. The molecule has 1 saturated carbocycles. The van der Waals surface area contributed by atoms with Crippen molar-refractivity contribution in [2.24, 2.45) is 0 Å². The molecule has 0 bridgehead atoms. The van der Waals surface area contributed by atoms with Crippen LogP contribution in [0.4, 0.5) is 0 Å². The molecule has 3 rings (SSSR count). The van der Waals surface area contributed by atoms with E-state index in [1.54, 1.807) is 0 Å². The number of ether oxygens (including phenoxy) is 2. The van der Waals surface area contributed by atoms with Gasteiger partial charge in [-0.05, 0) is 45.2 Å². The molecule has 1 heterocycles. The Balaban J connectivity index is 1.87. The van der Waals surface area contributed by atoms with Crippen LogP contribution in [0.25, 0.3) is 0 Å². The minimum absolute atomic E-state index is 0.0440. The lowest BCUT2D eigenvalue weighted by Gasteiger charge is -2.44. The van der Waals surface area contributed by atoms with Gasteiger partial charge in [-0.3, -0.25) is 0 Å². The molecule has 21 heavy (non-hydrogen) atoms. The van der Waals surface area contributed by atoms with Gasteiger partial charge in [0.05, 0.1) is 6.61 Å². The Morgan fingerprint density at radius 2 is 2.10 bits per heavy atom. The third-order valence-electron chi connectivity index (χ3n) is 4.85. The summed E-state index contributed by atoms with van der Waals surface area (Å²) in [7, 11) is 2.05. The third-order valence-corrected chi connectivity index (χ3v) is 4.85. The van der Waals surface area contributed by atoms with Crippen LogP contribution in [0.5, 0.6) is 11.5 Å². The van der Waals surface area contributed by atoms with Crippen molar-refractivity contribution in [2.45, 2.75) is 63.5 Å². The Bertz CT molecular complexity index is 480. The molecule has 1 fully saturated rings. The molecule has 1 spiro atoms. The van der Waals surface area contributed by atoms with Crippen molar-refractivity contribution in [3.8, 4) is 11.5 Å². The number of rotatable bonds is 4. The lowest BCUT2D eigenvalue weighted by molar-refractivity contribution is -0.00197. The maximum Gasteiger partial charge on any atom is 0.128 e. The first-order valence-corrected chi connectivity index (χ1v) is 8.39. The van der Waals surface area contributed by atoms with Gasteiger partial charge in [0.1, 0.15) is 17.1 Å². The second kappa shape index (κ2) is 6.27. The summed E-state index contributed by atoms with van der Waals surface area (Å²) in [6, 6.07) is 6.72. The van der Waals surface area contributed by atoms with Crippen molar-refractivity contribution < 1.29 is 9.47 Å². The average Bonchev–Trinajstić information content (AvgIpc) is 2.52. The number of fused-ring (bicyclic) bond motifs is 1. The fourth-order valence-electron chi connectivity index (χ4n) is 3.72. The molecule has 3 nitrogen and oxygen atoms in total. The minimum atomic E-state index is 0.0440. The third kappa shape index (κ3) is 3.03. The number of benzene rings is 1. The fraction of sp³-hybridized carbons (Fsp3) is 0.667. The van der Waals surface area contributed by atoms with E-state index in [1.807, 2.05) is 0 Å². The highest BCUT2D eigenvalue weighted by Gasteiger charge is 2.41. The van der Waals surface area contributed by atoms with Gasteiger partial charge in [0.25, 0.3) is 0 Å². The van der Waals surface area contributed by atoms with Gasteiger partial charge in [-0.25, -0.2) is 0 Å². The van der Waals surface area contributed by atoms with E-state index >= 15 is 0 Å². The van der Waals surface area contributed by atoms with Crippen molar-refractivity contribution in [1.29, 1.82) is 0 Å². The summed E-state index contributed by atoms with van der Waals surface area (Å²) in [5.41, 5.74) is 1.32. The number of hydrogen-bond acceptors (Lipinski definition) is 3. The first kappa shape index (κ1) is 14.7. The van der Waals surface area contributed by atoms with Gasteiger partial charge in [0.2, 0.25) is 0 Å². The lowest BCUT2D eigenvalue weighted by Crippen LogP contribution is -2.45. The van der Waals surface area contributed by atoms with Gasteiger partial charge in [-0.2, -0.15) is 0 Å². The van der Waals surface area contributed by atoms with Crippen molar-refractivity contribution >= 4 is 0 Å². The Labute approximate surface area is 128 Å². The maximum absolute atomic E-state index is 6.49. The van der Waals surface area contributed by atoms with Gasteiger partial charge >= 0.3 is 0 Å². The predicted octanol–water partition coefficient (Wildman–Crippen LogP) is 4.22. The zero-order valence-electron chi connectivity index (χ0n) is 13.3. The van der Waals surface area contributed by atoms with E-state index in [0.717, 1.165) is 30.9 Å². The molecule has 1 N–H and O–H groups in total. The topological polar surface area (TPSA) is 30.5 Å². The van der Waals surface area contributed by atoms with E-state index in [1.165, 1.54) is 37.7 Å². The van der Waals surface area contributed by atoms with E-state index < -0.39 is 0 Å². The van der Waals surface area contributed by atoms with E-state index in [9.17, 15) is 0 Å². The van der Waals surface area contributed by atoms with Crippen LogP contribution < -0.4 is 14.8 Å². The molecule has 1 unspecified atom stereocenters. The molecule has 116 valence electrons. The normalized spacial score (nSPS) is 23.4. The molecule has 2 aliphatic rings. The van der Waals surface area contributed by atoms with Gasteiger partial charge in [0, 0.05) is 24.1 Å². The van der Waals surface area contributed by atoms with Crippen LogP contribution in [-0.4, -0.2) is 19.3 Å². The fourth-order valence-corrected chi connectivity index (χ4v) is 3.72. The minimum Gasteiger partial charge on any atom is -0.493 e. The maximum atomic E-state index is 6.49. The molecule has 0 radical (unpaired) electrons. The second-order valence-electron chi connectivity index (χ2n) is 6.44. The molecule has 0 saturated heterocycles. The Hall–Kier alpha value is -1.22. The van der Waals surface area contributed by atoms with Gasteiger partial charge in [-0.1, -0.05) is 19.4 Å². The van der Waals surface area contributed by atoms with Crippen LogP contribution in [0, 0.1) is 0 Å². The van der Waals surface area contributed by atoms with Crippen LogP contribution >= 0.6 is 0 Å². The molecule has 0 amide bonds. The van der Waals surface area contributed by atoms with E-state index in [0.29, 0.717) is 6.04 Å². The first-order valence-electron chi connectivity index (χ1n) is 8.39. The monoisotopic (exact) mass is 289 g/mol. The Morgan fingerprint density at radius 1 is 1.29 bits per heavy atom. The lowest BCUT2D eigenvalue weighted by atomic mass is 9.77. The summed E-state index contributed by atoms with van der Waals surface area (Å²) < 4.78 is 12.3. The summed E-state index contributed by atoms with van der Waals surface area (Å²) in [5.74, 6) is 1.95. The molecular weight excluding hydrogens is 262 g/mol. The van der Waals surface area contributed by atoms with Crippen LogP contribution in [0.15, 0.2) is 18.2 Å². The van der Waals surface area contributed by atoms with E-state index in [-0.39, 0.29) is 5.60 Å². The molecule has 1 aliphatic heterocycles. The summed E-state index contributed by atoms with van der Waals surface area (Å²) in [6.45, 7) is 2.89. The molecule has 1 atom stereocenters. The number of hydrogen-bond donors (Lipinski definition) is 1. The number of nitrogens with one attached hydrogen (secondary N) is 1. The van der Waals surface area contributed by atoms with Gasteiger partial charge < -0.3 is 14.8 Å². The highest BCUT2D eigenvalue weighted by atomic mass is 16.5. The van der Waals surface area contributed by atoms with Crippen molar-refractivity contribution in [2.75, 3.05) is 13.7 Å². The molecule has 1 aliphatic carbocycles. The summed E-state index contributed by atoms with van der Waals surface area (Å²) in [5, 5.41) is 3.47. The van der Waals surface area contributed by atoms with Crippen molar-refractivity contribution in [3.63, 3.8) is 0 Å². The van der Waals surface area contributed by atoms with E-state index in [4.69, 9.17) is 9.47 Å². The Kier molecular flexibility index (Phi) is 4.39. The molecule has 1 aromatic carbocycles. The van der Waals surface area contributed by atoms with Crippen LogP contribution in [0.2, 0.25) is 0 Å². The zero-order valence-corrected chi connectivity index (χ0v) is 13.3. The smallest absolute Gasteiger partial charge is 0.128 e. The first-order chi connectivity index (χ1) is 10.3. The highest BCUT2D eigenvalue weighted by Crippen LogP contribution is 2.46. The quantitative estimate of drug-likeness (QED) is 0.900. The summed E-state index contributed by atoms with van der Waals surface area (Å²) >= 11 is 0. The Morgan fingerprint density at radius 3 is 2.81 bits per heavy atom. The summed E-state index contributed by atoms with van der Waals surface area (Å²) in [6.07, 6.45) is 8.42.